The number of nitrogen functional groups attached to an aromatic ring is 1. The maximum absolute atomic E-state index is 5.61. The number of fused-ring (bicyclic) bond motifs is 1. The quantitative estimate of drug-likeness (QED) is 0.717. The summed E-state index contributed by atoms with van der Waals surface area (Å²) in [6.45, 7) is 0. The van der Waals surface area contributed by atoms with Crippen molar-refractivity contribution in [3.05, 3.63) is 30.5 Å². The Kier molecular flexibility index (Phi) is 1.77. The first-order valence-electron chi connectivity index (χ1n) is 3.99. The van der Waals surface area contributed by atoms with Crippen molar-refractivity contribution in [1.82, 2.24) is 4.98 Å². The molecular weight excluding hydrogens is 164 g/mol. The van der Waals surface area contributed by atoms with E-state index < -0.39 is 0 Å². The molecule has 1 aromatic carbocycles. The molecule has 0 amide bonds. The lowest BCUT2D eigenvalue weighted by atomic mass is 10.2. The van der Waals surface area contributed by atoms with Crippen LogP contribution in [0.4, 0.5) is 5.69 Å². The van der Waals surface area contributed by atoms with Gasteiger partial charge in [0.25, 0.3) is 0 Å². The van der Waals surface area contributed by atoms with E-state index in [0.717, 1.165) is 16.7 Å². The number of hydrogen-bond donors (Lipinski definition) is 1. The SMILES string of the molecule is COc1cccc2cc(N)cnc12. The van der Waals surface area contributed by atoms with Gasteiger partial charge >= 0.3 is 0 Å². The fraction of sp³-hybridized carbons (Fsp3) is 0.100. The van der Waals surface area contributed by atoms with Gasteiger partial charge in [-0.1, -0.05) is 12.1 Å². The lowest BCUT2D eigenvalue weighted by Crippen LogP contribution is -1.90. The number of para-hydroxylation sites is 1. The number of methoxy groups -OCH3 is 1. The predicted molar refractivity (Wildman–Crippen MR) is 52.7 cm³/mol. The van der Waals surface area contributed by atoms with E-state index in [1.807, 2.05) is 24.3 Å². The summed E-state index contributed by atoms with van der Waals surface area (Å²) in [6, 6.07) is 7.64. The summed E-state index contributed by atoms with van der Waals surface area (Å²) in [6.07, 6.45) is 1.63. The van der Waals surface area contributed by atoms with Crippen molar-refractivity contribution in [3.63, 3.8) is 0 Å². The summed E-state index contributed by atoms with van der Waals surface area (Å²) in [5.74, 6) is 0.775. The molecule has 2 rings (SSSR count). The van der Waals surface area contributed by atoms with Crippen LogP contribution < -0.4 is 10.5 Å². The Balaban J connectivity index is 2.77. The van der Waals surface area contributed by atoms with Gasteiger partial charge in [0.1, 0.15) is 11.3 Å². The maximum Gasteiger partial charge on any atom is 0.145 e. The van der Waals surface area contributed by atoms with Crippen LogP contribution in [0.25, 0.3) is 10.9 Å². The second kappa shape index (κ2) is 2.94. The molecule has 0 saturated carbocycles. The van der Waals surface area contributed by atoms with Gasteiger partial charge < -0.3 is 10.5 Å². The molecule has 1 heterocycles. The lowest BCUT2D eigenvalue weighted by Gasteiger charge is -2.03. The largest absolute Gasteiger partial charge is 0.494 e. The van der Waals surface area contributed by atoms with Crippen molar-refractivity contribution in [2.24, 2.45) is 0 Å². The summed E-state index contributed by atoms with van der Waals surface area (Å²) in [7, 11) is 1.63. The van der Waals surface area contributed by atoms with Crippen LogP contribution in [0.1, 0.15) is 0 Å². The molecule has 0 atom stereocenters. The molecule has 3 heteroatoms. The molecule has 0 fully saturated rings. The van der Waals surface area contributed by atoms with E-state index >= 15 is 0 Å². The second-order valence-corrected chi connectivity index (χ2v) is 2.80. The summed E-state index contributed by atoms with van der Waals surface area (Å²) >= 11 is 0. The first kappa shape index (κ1) is 7.86. The van der Waals surface area contributed by atoms with Crippen LogP contribution in [0.15, 0.2) is 30.5 Å². The van der Waals surface area contributed by atoms with Gasteiger partial charge in [0.05, 0.1) is 19.0 Å². The van der Waals surface area contributed by atoms with Gasteiger partial charge in [0, 0.05) is 5.39 Å². The number of pyridine rings is 1. The number of anilines is 1. The van der Waals surface area contributed by atoms with Crippen LogP contribution in [0, 0.1) is 0 Å². The van der Waals surface area contributed by atoms with E-state index in [4.69, 9.17) is 10.5 Å². The molecule has 2 aromatic rings. The fourth-order valence-electron chi connectivity index (χ4n) is 1.31. The third-order valence-electron chi connectivity index (χ3n) is 1.92. The van der Waals surface area contributed by atoms with Crippen molar-refractivity contribution in [2.45, 2.75) is 0 Å². The monoisotopic (exact) mass is 174 g/mol. The topological polar surface area (TPSA) is 48.1 Å². The Morgan fingerprint density at radius 1 is 1.38 bits per heavy atom. The molecule has 0 unspecified atom stereocenters. The zero-order valence-corrected chi connectivity index (χ0v) is 7.32. The third kappa shape index (κ3) is 1.28. The van der Waals surface area contributed by atoms with Gasteiger partial charge in [-0.05, 0) is 12.1 Å². The molecule has 0 radical (unpaired) electrons. The molecule has 66 valence electrons. The van der Waals surface area contributed by atoms with E-state index in [0.29, 0.717) is 5.69 Å². The Morgan fingerprint density at radius 3 is 3.00 bits per heavy atom. The van der Waals surface area contributed by atoms with Crippen molar-refractivity contribution in [1.29, 1.82) is 0 Å². The molecular formula is C10H10N2O. The van der Waals surface area contributed by atoms with Crippen molar-refractivity contribution in [2.75, 3.05) is 12.8 Å². The number of benzene rings is 1. The van der Waals surface area contributed by atoms with Crippen LogP contribution >= 0.6 is 0 Å². The van der Waals surface area contributed by atoms with E-state index in [2.05, 4.69) is 4.98 Å². The van der Waals surface area contributed by atoms with Crippen LogP contribution in [-0.2, 0) is 0 Å². The average molecular weight is 174 g/mol. The van der Waals surface area contributed by atoms with Crippen LogP contribution in [0.5, 0.6) is 5.75 Å². The highest BCUT2D eigenvalue weighted by molar-refractivity contribution is 5.86. The lowest BCUT2D eigenvalue weighted by molar-refractivity contribution is 0.419. The molecule has 0 saturated heterocycles. The Hall–Kier alpha value is -1.77. The molecule has 0 aliphatic carbocycles. The van der Waals surface area contributed by atoms with E-state index in [-0.39, 0.29) is 0 Å². The molecule has 13 heavy (non-hydrogen) atoms. The standard InChI is InChI=1S/C10H10N2O/c1-13-9-4-2-3-7-5-8(11)6-12-10(7)9/h2-6H,11H2,1H3. The molecule has 3 nitrogen and oxygen atoms in total. The van der Waals surface area contributed by atoms with E-state index in [1.165, 1.54) is 0 Å². The molecule has 0 bridgehead atoms. The third-order valence-corrected chi connectivity index (χ3v) is 1.92. The number of nitrogens with two attached hydrogens (primary N) is 1. The molecule has 0 aliphatic rings. The number of hydrogen-bond acceptors (Lipinski definition) is 3. The van der Waals surface area contributed by atoms with Crippen LogP contribution in [0.2, 0.25) is 0 Å². The Labute approximate surface area is 76.2 Å². The fourth-order valence-corrected chi connectivity index (χ4v) is 1.31. The maximum atomic E-state index is 5.61. The highest BCUT2D eigenvalue weighted by Gasteiger charge is 2.01. The Bertz CT molecular complexity index is 440. The van der Waals surface area contributed by atoms with Gasteiger partial charge in [-0.25, -0.2) is 0 Å². The van der Waals surface area contributed by atoms with Gasteiger partial charge in [-0.15, -0.1) is 0 Å². The summed E-state index contributed by atoms with van der Waals surface area (Å²) < 4.78 is 5.16. The second-order valence-electron chi connectivity index (χ2n) is 2.80. The van der Waals surface area contributed by atoms with Gasteiger partial charge in [-0.3, -0.25) is 4.98 Å². The number of nitrogens with zero attached hydrogens (tertiary/aromatic N) is 1. The van der Waals surface area contributed by atoms with Crippen LogP contribution in [-0.4, -0.2) is 12.1 Å². The molecule has 1 aromatic heterocycles. The smallest absolute Gasteiger partial charge is 0.145 e. The minimum absolute atomic E-state index is 0.667. The first-order valence-corrected chi connectivity index (χ1v) is 3.99. The molecule has 0 aliphatic heterocycles. The van der Waals surface area contributed by atoms with E-state index in [1.54, 1.807) is 13.3 Å². The zero-order valence-electron chi connectivity index (χ0n) is 7.32. The van der Waals surface area contributed by atoms with E-state index in [9.17, 15) is 0 Å². The summed E-state index contributed by atoms with van der Waals surface area (Å²) in [5, 5.41) is 0.999. The van der Waals surface area contributed by atoms with Crippen molar-refractivity contribution >= 4 is 16.6 Å². The highest BCUT2D eigenvalue weighted by atomic mass is 16.5. The van der Waals surface area contributed by atoms with Gasteiger partial charge in [0.2, 0.25) is 0 Å². The number of aromatic nitrogens is 1. The average Bonchev–Trinajstić information content (AvgIpc) is 2.16. The minimum atomic E-state index is 0.667. The molecule has 0 spiro atoms. The zero-order chi connectivity index (χ0) is 9.26. The van der Waals surface area contributed by atoms with Crippen LogP contribution in [0.3, 0.4) is 0 Å². The minimum Gasteiger partial charge on any atom is -0.494 e. The number of rotatable bonds is 1. The first-order chi connectivity index (χ1) is 6.31. The Morgan fingerprint density at radius 2 is 2.23 bits per heavy atom. The van der Waals surface area contributed by atoms with Crippen molar-refractivity contribution in [3.8, 4) is 5.75 Å². The summed E-state index contributed by atoms with van der Waals surface area (Å²) in [4.78, 5) is 4.20. The number of ether oxygens (including phenoxy) is 1. The predicted octanol–water partition coefficient (Wildman–Crippen LogP) is 1.83. The highest BCUT2D eigenvalue weighted by Crippen LogP contribution is 2.23. The normalized spacial score (nSPS) is 10.2. The molecule has 2 N–H and O–H groups in total. The van der Waals surface area contributed by atoms with Gasteiger partial charge in [0.15, 0.2) is 0 Å². The summed E-state index contributed by atoms with van der Waals surface area (Å²) in [5.41, 5.74) is 7.13. The van der Waals surface area contributed by atoms with Gasteiger partial charge in [-0.2, -0.15) is 0 Å². The van der Waals surface area contributed by atoms with Crippen molar-refractivity contribution < 1.29 is 4.74 Å².